The molecule has 4 saturated carbocycles. The van der Waals surface area contributed by atoms with Gasteiger partial charge < -0.3 is 4.74 Å². The summed E-state index contributed by atoms with van der Waals surface area (Å²) >= 11 is 0. The van der Waals surface area contributed by atoms with Crippen molar-refractivity contribution in [1.29, 1.82) is 0 Å². The second kappa shape index (κ2) is 4.32. The van der Waals surface area contributed by atoms with Crippen molar-refractivity contribution in [3.63, 3.8) is 0 Å². The molecule has 0 saturated heterocycles. The van der Waals surface area contributed by atoms with Crippen LogP contribution < -0.4 is 0 Å². The third kappa shape index (κ3) is 2.02. The van der Waals surface area contributed by atoms with Gasteiger partial charge >= 0.3 is 5.97 Å². The van der Waals surface area contributed by atoms with Gasteiger partial charge in [0.15, 0.2) is 0 Å². The fourth-order valence-corrected chi connectivity index (χ4v) is 4.76. The molecule has 0 heterocycles. The van der Waals surface area contributed by atoms with Gasteiger partial charge in [-0.2, -0.15) is 0 Å². The smallest absolute Gasteiger partial charge is 0.316 e. The second-order valence-electron chi connectivity index (χ2n) is 7.24. The zero-order valence-electron chi connectivity index (χ0n) is 12.1. The van der Waals surface area contributed by atoms with E-state index in [9.17, 15) is 9.59 Å². The van der Waals surface area contributed by atoms with Crippen molar-refractivity contribution in [1.82, 2.24) is 0 Å². The molecule has 4 fully saturated rings. The SMILES string of the molecule is CC(=O)C(C)C(=O)OC1(C)C2CC3CC(C2)CC1C3. The largest absolute Gasteiger partial charge is 0.458 e. The van der Waals surface area contributed by atoms with Gasteiger partial charge in [-0.15, -0.1) is 0 Å². The van der Waals surface area contributed by atoms with Gasteiger partial charge in [0.1, 0.15) is 17.3 Å². The summed E-state index contributed by atoms with van der Waals surface area (Å²) in [6, 6.07) is 0. The number of esters is 1. The van der Waals surface area contributed by atoms with Crippen molar-refractivity contribution >= 4 is 11.8 Å². The van der Waals surface area contributed by atoms with Gasteiger partial charge in [0.25, 0.3) is 0 Å². The first-order chi connectivity index (χ1) is 8.90. The van der Waals surface area contributed by atoms with Crippen molar-refractivity contribution < 1.29 is 14.3 Å². The highest BCUT2D eigenvalue weighted by molar-refractivity contribution is 5.97. The second-order valence-corrected chi connectivity index (χ2v) is 7.24. The summed E-state index contributed by atoms with van der Waals surface area (Å²) in [7, 11) is 0. The summed E-state index contributed by atoms with van der Waals surface area (Å²) < 4.78 is 5.88. The normalized spacial score (nSPS) is 45.0. The molecule has 0 spiro atoms. The van der Waals surface area contributed by atoms with Crippen molar-refractivity contribution in [2.75, 3.05) is 0 Å². The summed E-state index contributed by atoms with van der Waals surface area (Å²) in [4.78, 5) is 23.5. The van der Waals surface area contributed by atoms with Gasteiger partial charge in [0.2, 0.25) is 0 Å². The highest BCUT2D eigenvalue weighted by atomic mass is 16.6. The van der Waals surface area contributed by atoms with Crippen LogP contribution in [0.1, 0.15) is 52.9 Å². The lowest BCUT2D eigenvalue weighted by atomic mass is 9.50. The Bertz CT molecular complexity index is 384. The quantitative estimate of drug-likeness (QED) is 0.581. The Hall–Kier alpha value is -0.860. The Kier molecular flexibility index (Phi) is 2.99. The van der Waals surface area contributed by atoms with E-state index >= 15 is 0 Å². The van der Waals surface area contributed by atoms with Gasteiger partial charge in [-0.05, 0) is 76.5 Å². The number of carbonyl (C=O) groups is 2. The first-order valence-corrected chi connectivity index (χ1v) is 7.63. The predicted molar refractivity (Wildman–Crippen MR) is 71.4 cm³/mol. The monoisotopic (exact) mass is 264 g/mol. The van der Waals surface area contributed by atoms with E-state index in [1.807, 2.05) is 0 Å². The molecular formula is C16H24O3. The number of ketones is 1. The van der Waals surface area contributed by atoms with Gasteiger partial charge in [0, 0.05) is 0 Å². The molecular weight excluding hydrogens is 240 g/mol. The predicted octanol–water partition coefficient (Wildman–Crippen LogP) is 2.97. The first kappa shape index (κ1) is 13.1. The number of ether oxygens (including phenoxy) is 1. The maximum absolute atomic E-state index is 12.1. The molecule has 0 aromatic heterocycles. The molecule has 0 aromatic carbocycles. The molecule has 1 atom stereocenters. The Morgan fingerprint density at radius 2 is 1.53 bits per heavy atom. The summed E-state index contributed by atoms with van der Waals surface area (Å²) in [6.07, 6.45) is 6.24. The van der Waals surface area contributed by atoms with Crippen molar-refractivity contribution in [2.45, 2.75) is 58.5 Å². The standard InChI is InChI=1S/C16H24O3/c1-9(10(2)17)15(18)19-16(3)13-5-11-4-12(7-13)8-14(16)6-11/h9,11-14H,4-8H2,1-3H3. The lowest BCUT2D eigenvalue weighted by molar-refractivity contribution is -0.206. The van der Waals surface area contributed by atoms with Gasteiger partial charge in [-0.3, -0.25) is 9.59 Å². The van der Waals surface area contributed by atoms with E-state index in [0.717, 1.165) is 11.8 Å². The van der Waals surface area contributed by atoms with E-state index in [0.29, 0.717) is 11.8 Å². The third-order valence-electron chi connectivity index (χ3n) is 6.04. The number of Topliss-reactive ketones (excluding diaryl/α,β-unsaturated/α-hetero) is 1. The Labute approximate surface area is 115 Å². The summed E-state index contributed by atoms with van der Waals surface area (Å²) in [5.74, 6) is 1.73. The van der Waals surface area contributed by atoms with Crippen LogP contribution in [0.15, 0.2) is 0 Å². The Morgan fingerprint density at radius 1 is 1.05 bits per heavy atom. The molecule has 4 bridgehead atoms. The summed E-state index contributed by atoms with van der Waals surface area (Å²) in [5, 5.41) is 0. The highest BCUT2D eigenvalue weighted by Gasteiger charge is 2.57. The van der Waals surface area contributed by atoms with Crippen LogP contribution in [0.3, 0.4) is 0 Å². The minimum atomic E-state index is -0.617. The van der Waals surface area contributed by atoms with Crippen LogP contribution in [0.4, 0.5) is 0 Å². The molecule has 0 aliphatic heterocycles. The van der Waals surface area contributed by atoms with E-state index in [2.05, 4.69) is 6.92 Å². The van der Waals surface area contributed by atoms with Crippen LogP contribution in [0.25, 0.3) is 0 Å². The Morgan fingerprint density at radius 3 is 1.95 bits per heavy atom. The van der Waals surface area contributed by atoms with Gasteiger partial charge in [0.05, 0.1) is 0 Å². The van der Waals surface area contributed by atoms with E-state index in [4.69, 9.17) is 4.74 Å². The van der Waals surface area contributed by atoms with Gasteiger partial charge in [-0.25, -0.2) is 0 Å². The first-order valence-electron chi connectivity index (χ1n) is 7.63. The lowest BCUT2D eigenvalue weighted by Crippen LogP contribution is -2.58. The van der Waals surface area contributed by atoms with Crippen LogP contribution >= 0.6 is 0 Å². The average molecular weight is 264 g/mol. The minimum Gasteiger partial charge on any atom is -0.458 e. The zero-order valence-corrected chi connectivity index (χ0v) is 12.1. The van der Waals surface area contributed by atoms with Gasteiger partial charge in [-0.1, -0.05) is 0 Å². The number of carbonyl (C=O) groups excluding carboxylic acids is 2. The van der Waals surface area contributed by atoms with Crippen molar-refractivity contribution in [3.8, 4) is 0 Å². The van der Waals surface area contributed by atoms with E-state index < -0.39 is 5.92 Å². The summed E-state index contributed by atoms with van der Waals surface area (Å²) in [5.41, 5.74) is -0.311. The molecule has 3 heteroatoms. The molecule has 106 valence electrons. The topological polar surface area (TPSA) is 43.4 Å². The van der Waals surface area contributed by atoms with Crippen LogP contribution in [-0.2, 0) is 14.3 Å². The van der Waals surface area contributed by atoms with E-state index in [1.165, 1.54) is 39.0 Å². The van der Waals surface area contributed by atoms with Crippen molar-refractivity contribution in [3.05, 3.63) is 0 Å². The highest BCUT2D eigenvalue weighted by Crippen LogP contribution is 2.59. The van der Waals surface area contributed by atoms with Crippen LogP contribution in [0.5, 0.6) is 0 Å². The molecule has 1 unspecified atom stereocenters. The molecule has 19 heavy (non-hydrogen) atoms. The molecule has 0 N–H and O–H groups in total. The van der Waals surface area contributed by atoms with Crippen LogP contribution in [0, 0.1) is 29.6 Å². The average Bonchev–Trinajstić information content (AvgIpc) is 2.34. The molecule has 0 amide bonds. The van der Waals surface area contributed by atoms with Crippen LogP contribution in [0.2, 0.25) is 0 Å². The Balaban J connectivity index is 1.76. The van der Waals surface area contributed by atoms with Crippen molar-refractivity contribution in [2.24, 2.45) is 29.6 Å². The number of hydrogen-bond acceptors (Lipinski definition) is 3. The maximum atomic E-state index is 12.1. The molecule has 0 radical (unpaired) electrons. The zero-order chi connectivity index (χ0) is 13.8. The molecule has 4 rings (SSSR count). The molecule has 0 aromatic rings. The lowest BCUT2D eigenvalue weighted by Gasteiger charge is -2.59. The number of rotatable bonds is 3. The maximum Gasteiger partial charge on any atom is 0.316 e. The molecule has 4 aliphatic rings. The molecule has 4 aliphatic carbocycles. The molecule has 3 nitrogen and oxygen atoms in total. The van der Waals surface area contributed by atoms with E-state index in [-0.39, 0.29) is 17.4 Å². The summed E-state index contributed by atoms with van der Waals surface area (Å²) in [6.45, 7) is 5.24. The minimum absolute atomic E-state index is 0.0996. The number of hydrogen-bond donors (Lipinski definition) is 0. The van der Waals surface area contributed by atoms with E-state index in [1.54, 1.807) is 6.92 Å². The fourth-order valence-electron chi connectivity index (χ4n) is 4.76. The van der Waals surface area contributed by atoms with Crippen LogP contribution in [-0.4, -0.2) is 17.4 Å². The third-order valence-corrected chi connectivity index (χ3v) is 6.04. The fraction of sp³-hybridized carbons (Fsp3) is 0.875.